The number of hydrogen-bond donors (Lipinski definition) is 0. The van der Waals surface area contributed by atoms with Crippen LogP contribution in [-0.2, 0) is 14.3 Å². The standard InChI is InChI=1S/C5H9NO.C5H10O2/c1-6-4-2-3-5(6)7;1-3-5(6)7-4-2/h2-4H2,1H3;3-4H2,1-2H3. The topological polar surface area (TPSA) is 46.6 Å². The van der Waals surface area contributed by atoms with Crippen LogP contribution in [0.5, 0.6) is 0 Å². The third kappa shape index (κ3) is 5.56. The van der Waals surface area contributed by atoms with E-state index in [1.54, 1.807) is 18.7 Å². The van der Waals surface area contributed by atoms with E-state index in [0.717, 1.165) is 19.4 Å². The van der Waals surface area contributed by atoms with Crippen molar-refractivity contribution in [3.63, 3.8) is 0 Å². The van der Waals surface area contributed by atoms with Crippen molar-refractivity contribution in [3.8, 4) is 0 Å². The van der Waals surface area contributed by atoms with E-state index in [9.17, 15) is 9.59 Å². The average molecular weight is 201 g/mol. The van der Waals surface area contributed by atoms with Crippen LogP contribution in [0.15, 0.2) is 0 Å². The lowest BCUT2D eigenvalue weighted by Crippen LogP contribution is -2.17. The molecule has 1 amide bonds. The Bertz CT molecular complexity index is 192. The fraction of sp³-hybridized carbons (Fsp3) is 0.800. The summed E-state index contributed by atoms with van der Waals surface area (Å²) in [5, 5.41) is 0. The lowest BCUT2D eigenvalue weighted by atomic mass is 10.4. The van der Waals surface area contributed by atoms with Crippen molar-refractivity contribution in [2.75, 3.05) is 20.2 Å². The third-order valence-corrected chi connectivity index (χ3v) is 1.90. The number of ether oxygens (including phenoxy) is 1. The summed E-state index contributed by atoms with van der Waals surface area (Å²) in [5.74, 6) is 0.169. The predicted octanol–water partition coefficient (Wildman–Crippen LogP) is 1.20. The number of rotatable bonds is 2. The molecule has 0 aliphatic carbocycles. The number of likely N-dealkylation sites (tertiary alicyclic amines) is 1. The van der Waals surface area contributed by atoms with Crippen molar-refractivity contribution in [2.45, 2.75) is 33.1 Å². The van der Waals surface area contributed by atoms with Gasteiger partial charge in [-0.3, -0.25) is 9.59 Å². The number of hydrogen-bond acceptors (Lipinski definition) is 3. The molecule has 1 saturated heterocycles. The summed E-state index contributed by atoms with van der Waals surface area (Å²) in [4.78, 5) is 22.5. The van der Waals surface area contributed by atoms with Gasteiger partial charge in [0.05, 0.1) is 6.61 Å². The van der Waals surface area contributed by atoms with Crippen molar-refractivity contribution >= 4 is 11.9 Å². The summed E-state index contributed by atoms with van der Waals surface area (Å²) in [5.41, 5.74) is 0. The van der Waals surface area contributed by atoms with Crippen LogP contribution in [0.2, 0.25) is 0 Å². The van der Waals surface area contributed by atoms with E-state index in [1.807, 2.05) is 7.05 Å². The Balaban J connectivity index is 0.000000241. The monoisotopic (exact) mass is 201 g/mol. The van der Waals surface area contributed by atoms with Gasteiger partial charge in [-0.25, -0.2) is 0 Å². The Hall–Kier alpha value is -1.06. The van der Waals surface area contributed by atoms with Crippen molar-refractivity contribution < 1.29 is 14.3 Å². The number of nitrogens with zero attached hydrogens (tertiary/aromatic N) is 1. The van der Waals surface area contributed by atoms with Gasteiger partial charge in [-0.1, -0.05) is 6.92 Å². The molecule has 0 atom stereocenters. The van der Waals surface area contributed by atoms with Gasteiger partial charge in [-0.05, 0) is 13.3 Å². The lowest BCUT2D eigenvalue weighted by molar-refractivity contribution is -0.142. The highest BCUT2D eigenvalue weighted by atomic mass is 16.5. The first-order chi connectivity index (χ1) is 6.61. The Labute approximate surface area is 85.2 Å². The van der Waals surface area contributed by atoms with E-state index >= 15 is 0 Å². The molecule has 82 valence electrons. The molecule has 0 aromatic rings. The van der Waals surface area contributed by atoms with Gasteiger partial charge in [-0.15, -0.1) is 0 Å². The van der Waals surface area contributed by atoms with Crippen molar-refractivity contribution in [1.29, 1.82) is 0 Å². The average Bonchev–Trinajstić information content (AvgIpc) is 2.52. The Morgan fingerprint density at radius 3 is 2.29 bits per heavy atom. The van der Waals surface area contributed by atoms with Gasteiger partial charge < -0.3 is 9.64 Å². The smallest absolute Gasteiger partial charge is 0.305 e. The number of amides is 1. The van der Waals surface area contributed by atoms with Crippen LogP contribution in [0.25, 0.3) is 0 Å². The van der Waals surface area contributed by atoms with Gasteiger partial charge in [0.15, 0.2) is 0 Å². The number of carbonyl (C=O) groups excluding carboxylic acids is 2. The van der Waals surface area contributed by atoms with Gasteiger partial charge >= 0.3 is 5.97 Å². The maximum Gasteiger partial charge on any atom is 0.305 e. The highest BCUT2D eigenvalue weighted by Crippen LogP contribution is 2.04. The van der Waals surface area contributed by atoms with Crippen molar-refractivity contribution in [2.24, 2.45) is 0 Å². The highest BCUT2D eigenvalue weighted by Gasteiger charge is 2.14. The fourth-order valence-electron chi connectivity index (χ4n) is 1.05. The summed E-state index contributed by atoms with van der Waals surface area (Å²) in [6.45, 7) is 5.02. The van der Waals surface area contributed by atoms with Gasteiger partial charge in [-0.2, -0.15) is 0 Å². The van der Waals surface area contributed by atoms with E-state index in [-0.39, 0.29) is 5.97 Å². The summed E-state index contributed by atoms with van der Waals surface area (Å²) >= 11 is 0. The highest BCUT2D eigenvalue weighted by molar-refractivity contribution is 5.77. The minimum absolute atomic E-state index is 0.123. The third-order valence-electron chi connectivity index (χ3n) is 1.90. The van der Waals surface area contributed by atoms with Crippen LogP contribution in [0, 0.1) is 0 Å². The molecule has 4 nitrogen and oxygen atoms in total. The first-order valence-corrected chi connectivity index (χ1v) is 5.01. The molecule has 0 saturated carbocycles. The quantitative estimate of drug-likeness (QED) is 0.631. The van der Waals surface area contributed by atoms with Gasteiger partial charge in [0.1, 0.15) is 0 Å². The minimum atomic E-state index is -0.123. The molecule has 14 heavy (non-hydrogen) atoms. The predicted molar refractivity (Wildman–Crippen MR) is 53.8 cm³/mol. The first-order valence-electron chi connectivity index (χ1n) is 5.01. The number of carbonyl (C=O) groups is 2. The Kier molecular flexibility index (Phi) is 6.80. The maximum absolute atomic E-state index is 10.5. The first kappa shape index (κ1) is 12.9. The molecule has 1 aliphatic rings. The van der Waals surface area contributed by atoms with E-state index in [2.05, 4.69) is 4.74 Å². The largest absolute Gasteiger partial charge is 0.466 e. The number of esters is 1. The summed E-state index contributed by atoms with van der Waals surface area (Å²) in [6.07, 6.45) is 2.29. The summed E-state index contributed by atoms with van der Waals surface area (Å²) in [6, 6.07) is 0. The van der Waals surface area contributed by atoms with Gasteiger partial charge in [0, 0.05) is 26.4 Å². The molecule has 0 N–H and O–H groups in total. The van der Waals surface area contributed by atoms with Crippen LogP contribution in [-0.4, -0.2) is 37.0 Å². The van der Waals surface area contributed by atoms with E-state index in [4.69, 9.17) is 0 Å². The van der Waals surface area contributed by atoms with Crippen molar-refractivity contribution in [1.82, 2.24) is 4.90 Å². The SMILES string of the molecule is CCOC(=O)CC.CN1CCCC1=O. The second-order valence-corrected chi connectivity index (χ2v) is 3.08. The summed E-state index contributed by atoms with van der Waals surface area (Å²) in [7, 11) is 1.84. The van der Waals surface area contributed by atoms with Crippen LogP contribution in [0.1, 0.15) is 33.1 Å². The summed E-state index contributed by atoms with van der Waals surface area (Å²) < 4.78 is 4.55. The van der Waals surface area contributed by atoms with Gasteiger partial charge in [0.2, 0.25) is 5.91 Å². The zero-order valence-corrected chi connectivity index (χ0v) is 9.21. The molecule has 1 rings (SSSR count). The molecule has 1 heterocycles. The normalized spacial score (nSPS) is 14.8. The molecule has 1 aliphatic heterocycles. The minimum Gasteiger partial charge on any atom is -0.466 e. The molecule has 0 aromatic heterocycles. The molecular weight excluding hydrogens is 182 g/mol. The molecule has 0 unspecified atom stereocenters. The Morgan fingerprint density at radius 1 is 1.50 bits per heavy atom. The molecule has 0 radical (unpaired) electrons. The zero-order chi connectivity index (χ0) is 11.0. The van der Waals surface area contributed by atoms with Crippen LogP contribution in [0.4, 0.5) is 0 Å². The molecule has 4 heteroatoms. The second-order valence-electron chi connectivity index (χ2n) is 3.08. The second kappa shape index (κ2) is 7.35. The van der Waals surface area contributed by atoms with Gasteiger partial charge in [0.25, 0.3) is 0 Å². The fourth-order valence-corrected chi connectivity index (χ4v) is 1.05. The Morgan fingerprint density at radius 2 is 2.14 bits per heavy atom. The molecule has 1 fully saturated rings. The van der Waals surface area contributed by atoms with E-state index in [0.29, 0.717) is 18.9 Å². The molecule has 0 bridgehead atoms. The van der Waals surface area contributed by atoms with Crippen LogP contribution in [0.3, 0.4) is 0 Å². The zero-order valence-electron chi connectivity index (χ0n) is 9.21. The van der Waals surface area contributed by atoms with Crippen molar-refractivity contribution in [3.05, 3.63) is 0 Å². The van der Waals surface area contributed by atoms with Crippen LogP contribution >= 0.6 is 0 Å². The molecule has 0 spiro atoms. The molecule has 0 aromatic carbocycles. The molecular formula is C10H19NO3. The maximum atomic E-state index is 10.5. The van der Waals surface area contributed by atoms with E-state index in [1.165, 1.54) is 0 Å². The van der Waals surface area contributed by atoms with Crippen LogP contribution < -0.4 is 0 Å². The van der Waals surface area contributed by atoms with E-state index < -0.39 is 0 Å². The lowest BCUT2D eigenvalue weighted by Gasteiger charge is -2.03.